The molecule has 31 heavy (non-hydrogen) atoms. The van der Waals surface area contributed by atoms with E-state index >= 15 is 0 Å². The van der Waals surface area contributed by atoms with Gasteiger partial charge in [-0.2, -0.15) is 0 Å². The van der Waals surface area contributed by atoms with Gasteiger partial charge < -0.3 is 15.8 Å². The Morgan fingerprint density at radius 2 is 2.03 bits per heavy atom. The number of rotatable bonds is 5. The smallest absolute Gasteiger partial charge is 0.167 e. The van der Waals surface area contributed by atoms with E-state index in [0.717, 1.165) is 15.1 Å². The monoisotopic (exact) mass is 436 g/mol. The summed E-state index contributed by atoms with van der Waals surface area (Å²) >= 11 is 1.43. The zero-order valence-corrected chi connectivity index (χ0v) is 17.3. The summed E-state index contributed by atoms with van der Waals surface area (Å²) in [4.78, 5) is 9.36. The first kappa shape index (κ1) is 20.7. The zero-order valence-electron chi connectivity index (χ0n) is 16.5. The number of hydrogen-bond acceptors (Lipinski definition) is 6. The summed E-state index contributed by atoms with van der Waals surface area (Å²) in [6.07, 6.45) is 1.44. The van der Waals surface area contributed by atoms with E-state index in [9.17, 15) is 8.78 Å². The van der Waals surface area contributed by atoms with Gasteiger partial charge in [-0.15, -0.1) is 11.3 Å². The van der Waals surface area contributed by atoms with Crippen LogP contribution in [0.25, 0.3) is 10.2 Å². The molecule has 3 N–H and O–H groups in total. The lowest BCUT2D eigenvalue weighted by Gasteiger charge is -2.10. The Morgan fingerprint density at radius 3 is 2.81 bits per heavy atom. The molecule has 2 aromatic carbocycles. The normalized spacial score (nSPS) is 11.6. The van der Waals surface area contributed by atoms with Crippen LogP contribution >= 0.6 is 11.3 Å². The maximum atomic E-state index is 14.5. The Labute approximate surface area is 181 Å². The second-order valence-corrected chi connectivity index (χ2v) is 7.85. The Hall–Kier alpha value is -3.54. The topological polar surface area (TPSA) is 73.1 Å². The molecule has 4 aromatic rings. The summed E-state index contributed by atoms with van der Waals surface area (Å²) in [7, 11) is 0. The minimum absolute atomic E-state index is 0.0639. The van der Waals surface area contributed by atoms with E-state index in [1.54, 1.807) is 18.2 Å². The van der Waals surface area contributed by atoms with Gasteiger partial charge in [0.1, 0.15) is 18.8 Å². The molecule has 0 fully saturated rings. The van der Waals surface area contributed by atoms with E-state index in [0.29, 0.717) is 17.1 Å². The van der Waals surface area contributed by atoms with Gasteiger partial charge in [-0.25, -0.2) is 18.7 Å². The SMILES string of the molecule is CC(N)C#Cc1cc2ncnc(Nc3ccc(OCc4cccc(F)c4)c(F)c3)c2s1. The van der Waals surface area contributed by atoms with Crippen molar-refractivity contribution in [3.05, 3.63) is 76.9 Å². The van der Waals surface area contributed by atoms with Gasteiger partial charge in [0.05, 0.1) is 21.1 Å². The summed E-state index contributed by atoms with van der Waals surface area (Å²) < 4.78 is 34.1. The van der Waals surface area contributed by atoms with Crippen LogP contribution in [-0.4, -0.2) is 16.0 Å². The number of nitrogens with zero attached hydrogens (tertiary/aromatic N) is 2. The van der Waals surface area contributed by atoms with Gasteiger partial charge in [-0.05, 0) is 42.8 Å². The fourth-order valence-corrected chi connectivity index (χ4v) is 3.73. The molecular formula is C23H18F2N4OS. The van der Waals surface area contributed by atoms with Crippen molar-refractivity contribution in [1.82, 2.24) is 9.97 Å². The van der Waals surface area contributed by atoms with Crippen molar-refractivity contribution < 1.29 is 13.5 Å². The van der Waals surface area contributed by atoms with Crippen molar-refractivity contribution in [3.8, 4) is 17.6 Å². The Morgan fingerprint density at radius 1 is 1.16 bits per heavy atom. The number of thiophene rings is 1. The minimum atomic E-state index is -0.540. The van der Waals surface area contributed by atoms with Crippen molar-refractivity contribution in [2.75, 3.05) is 5.32 Å². The molecule has 0 aliphatic carbocycles. The first-order valence-corrected chi connectivity index (χ1v) is 10.2. The number of nitrogens with one attached hydrogen (secondary N) is 1. The molecular weight excluding hydrogens is 418 g/mol. The third-order valence-electron chi connectivity index (χ3n) is 4.21. The second-order valence-electron chi connectivity index (χ2n) is 6.79. The number of nitrogens with two attached hydrogens (primary N) is 1. The van der Waals surface area contributed by atoms with Crippen LogP contribution < -0.4 is 15.8 Å². The maximum absolute atomic E-state index is 14.5. The van der Waals surface area contributed by atoms with E-state index in [-0.39, 0.29) is 24.2 Å². The molecule has 0 radical (unpaired) electrons. The molecule has 0 amide bonds. The summed E-state index contributed by atoms with van der Waals surface area (Å²) in [5.41, 5.74) is 7.55. The molecule has 0 bridgehead atoms. The Balaban J connectivity index is 1.51. The van der Waals surface area contributed by atoms with Crippen LogP contribution in [0.4, 0.5) is 20.3 Å². The second kappa shape index (κ2) is 9.08. The van der Waals surface area contributed by atoms with Gasteiger partial charge in [0.15, 0.2) is 17.4 Å². The van der Waals surface area contributed by atoms with Crippen molar-refractivity contribution in [1.29, 1.82) is 0 Å². The molecule has 156 valence electrons. The number of anilines is 2. The quantitative estimate of drug-likeness (QED) is 0.431. The molecule has 0 spiro atoms. The van der Waals surface area contributed by atoms with E-state index in [1.165, 1.54) is 41.9 Å². The van der Waals surface area contributed by atoms with Crippen molar-refractivity contribution >= 4 is 33.1 Å². The lowest BCUT2D eigenvalue weighted by molar-refractivity contribution is 0.290. The molecule has 5 nitrogen and oxygen atoms in total. The van der Waals surface area contributed by atoms with E-state index in [1.807, 2.05) is 13.0 Å². The third-order valence-corrected chi connectivity index (χ3v) is 5.26. The highest BCUT2D eigenvalue weighted by molar-refractivity contribution is 7.20. The predicted octanol–water partition coefficient (Wildman–Crippen LogP) is 4.99. The highest BCUT2D eigenvalue weighted by Gasteiger charge is 2.11. The van der Waals surface area contributed by atoms with Crippen LogP contribution in [0.15, 0.2) is 54.9 Å². The average Bonchev–Trinajstić information content (AvgIpc) is 3.16. The summed E-state index contributed by atoms with van der Waals surface area (Å²) in [6, 6.07) is 12.2. The summed E-state index contributed by atoms with van der Waals surface area (Å²) in [6.45, 7) is 1.88. The van der Waals surface area contributed by atoms with Gasteiger partial charge in [0, 0.05) is 11.8 Å². The van der Waals surface area contributed by atoms with Crippen LogP contribution in [-0.2, 0) is 6.61 Å². The third kappa shape index (κ3) is 5.15. The van der Waals surface area contributed by atoms with Gasteiger partial charge in [-0.3, -0.25) is 0 Å². The number of aromatic nitrogens is 2. The van der Waals surface area contributed by atoms with Crippen LogP contribution in [0.3, 0.4) is 0 Å². The molecule has 0 saturated carbocycles. The van der Waals surface area contributed by atoms with E-state index < -0.39 is 5.82 Å². The number of hydrogen-bond donors (Lipinski definition) is 2. The Kier molecular flexibility index (Phi) is 6.07. The minimum Gasteiger partial charge on any atom is -0.486 e. The number of halogens is 2. The lowest BCUT2D eigenvalue weighted by atomic mass is 10.2. The molecule has 8 heteroatoms. The fourth-order valence-electron chi connectivity index (χ4n) is 2.81. The van der Waals surface area contributed by atoms with E-state index in [2.05, 4.69) is 27.1 Å². The van der Waals surface area contributed by atoms with Crippen LogP contribution in [0.1, 0.15) is 17.4 Å². The number of benzene rings is 2. The number of fused-ring (bicyclic) bond motifs is 1. The van der Waals surface area contributed by atoms with Gasteiger partial charge in [-0.1, -0.05) is 24.0 Å². The summed E-state index contributed by atoms with van der Waals surface area (Å²) in [5.74, 6) is 5.66. The van der Waals surface area contributed by atoms with Crippen molar-refractivity contribution in [2.24, 2.45) is 5.73 Å². The molecule has 0 saturated heterocycles. The van der Waals surface area contributed by atoms with Crippen LogP contribution in [0.2, 0.25) is 0 Å². The van der Waals surface area contributed by atoms with Crippen LogP contribution in [0, 0.1) is 23.5 Å². The first-order chi connectivity index (χ1) is 15.0. The molecule has 4 rings (SSSR count). The van der Waals surface area contributed by atoms with Gasteiger partial charge >= 0.3 is 0 Å². The fraction of sp³-hybridized carbons (Fsp3) is 0.130. The highest BCUT2D eigenvalue weighted by Crippen LogP contribution is 2.31. The van der Waals surface area contributed by atoms with E-state index in [4.69, 9.17) is 10.5 Å². The predicted molar refractivity (Wildman–Crippen MR) is 118 cm³/mol. The first-order valence-electron chi connectivity index (χ1n) is 9.43. The Bertz CT molecular complexity index is 1290. The standard InChI is InChI=1S/C23H18F2N4OS/c1-14(26)5-7-18-11-20-22(31-18)23(28-13-27-20)29-17-6-8-21(19(25)10-17)30-12-15-3-2-4-16(24)9-15/h2-4,6,8-11,13-14H,12,26H2,1H3,(H,27,28,29). The number of ether oxygens (including phenoxy) is 1. The highest BCUT2D eigenvalue weighted by atomic mass is 32.1. The molecule has 2 heterocycles. The van der Waals surface area contributed by atoms with Crippen molar-refractivity contribution in [3.63, 3.8) is 0 Å². The molecule has 1 unspecified atom stereocenters. The van der Waals surface area contributed by atoms with Crippen molar-refractivity contribution in [2.45, 2.75) is 19.6 Å². The molecule has 1 atom stereocenters. The maximum Gasteiger partial charge on any atom is 0.167 e. The average molecular weight is 436 g/mol. The lowest BCUT2D eigenvalue weighted by Crippen LogP contribution is -2.10. The largest absolute Gasteiger partial charge is 0.486 e. The molecule has 0 aliphatic heterocycles. The van der Waals surface area contributed by atoms with Gasteiger partial charge in [0.2, 0.25) is 0 Å². The molecule has 0 aliphatic rings. The molecule has 2 aromatic heterocycles. The van der Waals surface area contributed by atoms with Gasteiger partial charge in [0.25, 0.3) is 0 Å². The zero-order chi connectivity index (χ0) is 21.8. The summed E-state index contributed by atoms with van der Waals surface area (Å²) in [5, 5.41) is 3.12. The van der Waals surface area contributed by atoms with Crippen LogP contribution in [0.5, 0.6) is 5.75 Å².